The molecule has 9 nitrogen and oxygen atoms in total. The lowest BCUT2D eigenvalue weighted by atomic mass is 9.98. The Morgan fingerprint density at radius 2 is 2.03 bits per heavy atom. The molecule has 5 rings (SSSR count). The summed E-state index contributed by atoms with van der Waals surface area (Å²) < 4.78 is 30.1. The summed E-state index contributed by atoms with van der Waals surface area (Å²) in [5.41, 5.74) is 0.216. The van der Waals surface area contributed by atoms with Crippen molar-refractivity contribution in [3.05, 3.63) is 79.9 Å². The monoisotopic (exact) mass is 510 g/mol. The largest absolute Gasteiger partial charge is 0.504 e. The molecule has 0 radical (unpaired) electrons. The molecule has 1 aliphatic heterocycles. The van der Waals surface area contributed by atoms with Gasteiger partial charge in [0.25, 0.3) is 5.91 Å². The van der Waals surface area contributed by atoms with Crippen molar-refractivity contribution in [2.45, 2.75) is 19.9 Å². The highest BCUT2D eigenvalue weighted by Gasteiger charge is 2.45. The van der Waals surface area contributed by atoms with Crippen LogP contribution in [0.3, 0.4) is 0 Å². The highest BCUT2D eigenvalue weighted by atomic mass is 32.1. The van der Waals surface area contributed by atoms with E-state index in [0.717, 1.165) is 23.5 Å². The SMILES string of the molecule is CCOc1cc(C2c3c(oc4ccc(F)cc4c3=O)C(=O)N2c2nc(C)c(C(=O)OC)s2)ccc1O. The van der Waals surface area contributed by atoms with Gasteiger partial charge in [-0.05, 0) is 49.7 Å². The number of carbonyl (C=O) groups excluding carboxylic acids is 2. The van der Waals surface area contributed by atoms with E-state index in [-0.39, 0.29) is 50.4 Å². The van der Waals surface area contributed by atoms with Gasteiger partial charge in [-0.2, -0.15) is 0 Å². The number of nitrogens with zero attached hydrogens (tertiary/aromatic N) is 2. The lowest BCUT2D eigenvalue weighted by Crippen LogP contribution is -2.29. The van der Waals surface area contributed by atoms with Crippen molar-refractivity contribution < 1.29 is 33.0 Å². The zero-order chi connectivity index (χ0) is 25.7. The van der Waals surface area contributed by atoms with Crippen LogP contribution in [0, 0.1) is 12.7 Å². The first-order valence-corrected chi connectivity index (χ1v) is 11.7. The van der Waals surface area contributed by atoms with Crippen molar-refractivity contribution in [3.8, 4) is 11.5 Å². The number of methoxy groups -OCH3 is 1. The minimum atomic E-state index is -1.05. The molecule has 2 aromatic heterocycles. The Balaban J connectivity index is 1.79. The number of rotatable bonds is 5. The summed E-state index contributed by atoms with van der Waals surface area (Å²) >= 11 is 0.928. The minimum absolute atomic E-state index is 0.0151. The van der Waals surface area contributed by atoms with Gasteiger partial charge in [-0.15, -0.1) is 0 Å². The van der Waals surface area contributed by atoms with E-state index in [4.69, 9.17) is 13.9 Å². The molecule has 3 heterocycles. The third-order valence-corrected chi connectivity index (χ3v) is 6.93. The molecule has 1 aliphatic rings. The van der Waals surface area contributed by atoms with Crippen molar-refractivity contribution >= 4 is 39.3 Å². The summed E-state index contributed by atoms with van der Waals surface area (Å²) in [7, 11) is 1.24. The van der Waals surface area contributed by atoms with Crippen LogP contribution in [-0.2, 0) is 4.74 Å². The Hall–Kier alpha value is -4.25. The normalized spacial score (nSPS) is 14.8. The third kappa shape index (κ3) is 3.59. The van der Waals surface area contributed by atoms with E-state index in [1.165, 1.54) is 36.3 Å². The molecule has 11 heteroatoms. The molecule has 0 bridgehead atoms. The van der Waals surface area contributed by atoms with Crippen LogP contribution in [0.15, 0.2) is 45.6 Å². The van der Waals surface area contributed by atoms with Crippen LogP contribution < -0.4 is 15.1 Å². The average molecular weight is 510 g/mol. The molecule has 0 aliphatic carbocycles. The summed E-state index contributed by atoms with van der Waals surface area (Å²) in [6, 6.07) is 6.85. The number of aromatic hydroxyl groups is 1. The summed E-state index contributed by atoms with van der Waals surface area (Å²) in [6.45, 7) is 3.61. The zero-order valence-corrected chi connectivity index (χ0v) is 20.1. The molecule has 0 saturated carbocycles. The smallest absolute Gasteiger partial charge is 0.350 e. The first kappa shape index (κ1) is 23.5. The number of hydrogen-bond donors (Lipinski definition) is 1. The van der Waals surface area contributed by atoms with E-state index < -0.39 is 29.2 Å². The Morgan fingerprint density at radius 1 is 1.25 bits per heavy atom. The second kappa shape index (κ2) is 8.76. The van der Waals surface area contributed by atoms with Crippen molar-refractivity contribution in [2.24, 2.45) is 0 Å². The van der Waals surface area contributed by atoms with E-state index in [1.54, 1.807) is 13.8 Å². The topological polar surface area (TPSA) is 119 Å². The van der Waals surface area contributed by atoms with Crippen molar-refractivity contribution in [1.29, 1.82) is 0 Å². The molecule has 2 aromatic carbocycles. The van der Waals surface area contributed by atoms with E-state index in [1.807, 2.05) is 0 Å². The summed E-state index contributed by atoms with van der Waals surface area (Å²) in [6.07, 6.45) is 0. The fourth-order valence-electron chi connectivity index (χ4n) is 4.20. The summed E-state index contributed by atoms with van der Waals surface area (Å²) in [5, 5.41) is 10.3. The fraction of sp³-hybridized carbons (Fsp3) is 0.200. The number of phenols is 1. The van der Waals surface area contributed by atoms with Crippen LogP contribution in [0.25, 0.3) is 11.0 Å². The first-order valence-electron chi connectivity index (χ1n) is 10.9. The molecule has 0 spiro atoms. The van der Waals surface area contributed by atoms with Crippen molar-refractivity contribution in [3.63, 3.8) is 0 Å². The van der Waals surface area contributed by atoms with E-state index in [9.17, 15) is 23.9 Å². The molecule has 0 saturated heterocycles. The second-order valence-electron chi connectivity index (χ2n) is 7.95. The quantitative estimate of drug-likeness (QED) is 0.394. The predicted octanol–water partition coefficient (Wildman–Crippen LogP) is 4.34. The van der Waals surface area contributed by atoms with E-state index in [0.29, 0.717) is 11.3 Å². The van der Waals surface area contributed by atoms with E-state index >= 15 is 0 Å². The number of phenolic OH excluding ortho intramolecular Hbond substituents is 1. The molecule has 36 heavy (non-hydrogen) atoms. The lowest BCUT2D eigenvalue weighted by molar-refractivity contribution is 0.0605. The number of aryl methyl sites for hydroxylation is 1. The molecule has 1 atom stereocenters. The van der Waals surface area contributed by atoms with Gasteiger partial charge in [0.05, 0.1) is 36.4 Å². The molecule has 0 fully saturated rings. The van der Waals surface area contributed by atoms with Gasteiger partial charge < -0.3 is 19.0 Å². The molecular formula is C25H19FN2O7S. The van der Waals surface area contributed by atoms with Gasteiger partial charge in [0.2, 0.25) is 5.76 Å². The third-order valence-electron chi connectivity index (χ3n) is 5.79. The van der Waals surface area contributed by atoms with Gasteiger partial charge in [0.1, 0.15) is 16.3 Å². The highest BCUT2D eigenvalue weighted by molar-refractivity contribution is 7.17. The Kier molecular flexibility index (Phi) is 5.71. The number of benzene rings is 2. The molecule has 1 unspecified atom stereocenters. The number of anilines is 1. The molecule has 4 aromatic rings. The van der Waals surface area contributed by atoms with Gasteiger partial charge in [-0.25, -0.2) is 14.2 Å². The number of halogens is 1. The zero-order valence-electron chi connectivity index (χ0n) is 19.3. The van der Waals surface area contributed by atoms with Gasteiger partial charge in [-0.3, -0.25) is 14.5 Å². The lowest BCUT2D eigenvalue weighted by Gasteiger charge is -2.23. The summed E-state index contributed by atoms with van der Waals surface area (Å²) in [5.74, 6) is -2.10. The Morgan fingerprint density at radius 3 is 2.75 bits per heavy atom. The van der Waals surface area contributed by atoms with Crippen LogP contribution in [-0.4, -0.2) is 35.7 Å². The number of aromatic nitrogens is 1. The van der Waals surface area contributed by atoms with Crippen molar-refractivity contribution in [2.75, 3.05) is 18.6 Å². The van der Waals surface area contributed by atoms with Crippen LogP contribution in [0.1, 0.15) is 50.0 Å². The van der Waals surface area contributed by atoms with Crippen LogP contribution >= 0.6 is 11.3 Å². The minimum Gasteiger partial charge on any atom is -0.504 e. The molecule has 184 valence electrons. The number of esters is 1. The maximum atomic E-state index is 14.0. The first-order chi connectivity index (χ1) is 17.2. The Bertz CT molecular complexity index is 1610. The maximum Gasteiger partial charge on any atom is 0.350 e. The number of hydrogen-bond acceptors (Lipinski definition) is 9. The Labute approximate surface area is 207 Å². The van der Waals surface area contributed by atoms with E-state index in [2.05, 4.69) is 4.98 Å². The predicted molar refractivity (Wildman–Crippen MR) is 129 cm³/mol. The number of amides is 1. The van der Waals surface area contributed by atoms with Gasteiger partial charge in [0, 0.05) is 0 Å². The standard InChI is InChI=1S/C25H19FN2O7S/c1-4-34-17-9-12(5-7-15(17)29)19-18-20(30)14-10-13(26)6-8-16(14)35-21(18)23(31)28(19)25-27-11(2)22(36-25)24(32)33-3/h5-10,19,29H,4H2,1-3H3. The molecule has 1 amide bonds. The number of ether oxygens (including phenoxy) is 2. The fourth-order valence-corrected chi connectivity index (χ4v) is 5.21. The molecule has 1 N–H and O–H groups in total. The summed E-state index contributed by atoms with van der Waals surface area (Å²) in [4.78, 5) is 45.3. The van der Waals surface area contributed by atoms with Crippen molar-refractivity contribution in [1.82, 2.24) is 4.98 Å². The highest BCUT2D eigenvalue weighted by Crippen LogP contribution is 2.44. The number of fused-ring (bicyclic) bond motifs is 2. The number of carbonyl (C=O) groups is 2. The number of thiazole rings is 1. The second-order valence-corrected chi connectivity index (χ2v) is 8.93. The van der Waals surface area contributed by atoms with Crippen LogP contribution in [0.2, 0.25) is 0 Å². The molecular weight excluding hydrogens is 491 g/mol. The van der Waals surface area contributed by atoms with Gasteiger partial charge >= 0.3 is 5.97 Å². The van der Waals surface area contributed by atoms with Gasteiger partial charge in [-0.1, -0.05) is 17.4 Å². The maximum absolute atomic E-state index is 14.0. The van der Waals surface area contributed by atoms with Gasteiger partial charge in [0.15, 0.2) is 22.1 Å². The van der Waals surface area contributed by atoms with Crippen LogP contribution in [0.4, 0.5) is 9.52 Å². The van der Waals surface area contributed by atoms with Crippen LogP contribution in [0.5, 0.6) is 11.5 Å². The average Bonchev–Trinajstić information content (AvgIpc) is 3.38.